The molecule has 1 aromatic heterocycles. The van der Waals surface area contributed by atoms with Gasteiger partial charge in [-0.05, 0) is 48.5 Å². The van der Waals surface area contributed by atoms with Crippen molar-refractivity contribution in [1.82, 2.24) is 15.5 Å². The third-order valence-corrected chi connectivity index (χ3v) is 5.78. The van der Waals surface area contributed by atoms with Gasteiger partial charge in [0.05, 0.1) is 35.8 Å². The molecule has 9 nitrogen and oxygen atoms in total. The van der Waals surface area contributed by atoms with Gasteiger partial charge in [0.25, 0.3) is 5.91 Å². The molecule has 1 amide bonds. The zero-order valence-electron chi connectivity index (χ0n) is 19.5. The number of rotatable bonds is 9. The quantitative estimate of drug-likeness (QED) is 0.273. The Balaban J connectivity index is 1.48. The Morgan fingerprint density at radius 2 is 1.92 bits per heavy atom. The molecule has 38 heavy (non-hydrogen) atoms. The number of nitrogens with zero attached hydrogens (tertiary/aromatic N) is 3. The number of aromatic nitrogens is 2. The molecule has 194 valence electrons. The fourth-order valence-electron chi connectivity index (χ4n) is 3.35. The molecule has 0 saturated heterocycles. The molecule has 0 aliphatic rings. The summed E-state index contributed by atoms with van der Waals surface area (Å²) in [5, 5.41) is 38.0. The van der Waals surface area contributed by atoms with Gasteiger partial charge >= 0.3 is 0 Å². The van der Waals surface area contributed by atoms with E-state index in [0.717, 1.165) is 0 Å². The lowest BCUT2D eigenvalue weighted by atomic mass is 10.1. The van der Waals surface area contributed by atoms with E-state index in [0.29, 0.717) is 11.1 Å². The van der Waals surface area contributed by atoms with Gasteiger partial charge in [0.2, 0.25) is 11.8 Å². The van der Waals surface area contributed by atoms with Crippen LogP contribution in [0.2, 0.25) is 10.0 Å². The molecule has 4 rings (SSSR count). The van der Waals surface area contributed by atoms with Gasteiger partial charge in [-0.3, -0.25) is 4.79 Å². The van der Waals surface area contributed by atoms with Crippen LogP contribution in [-0.2, 0) is 6.42 Å². The normalized spacial score (nSPS) is 11.6. The summed E-state index contributed by atoms with van der Waals surface area (Å²) in [6.45, 7) is -0.545. The average molecular weight is 557 g/mol. The second-order valence-electron chi connectivity index (χ2n) is 8.04. The molecule has 3 N–H and O–H groups in total. The molecule has 0 aliphatic carbocycles. The number of nitriles is 1. The average Bonchev–Trinajstić information content (AvgIpc) is 3.39. The zero-order chi connectivity index (χ0) is 27.2. The molecule has 3 aromatic carbocycles. The van der Waals surface area contributed by atoms with Crippen molar-refractivity contribution in [2.45, 2.75) is 12.5 Å². The van der Waals surface area contributed by atoms with Gasteiger partial charge in [0, 0.05) is 28.3 Å². The molecule has 0 saturated carbocycles. The lowest BCUT2D eigenvalue weighted by molar-refractivity contribution is 0.0802. The first-order valence-electron chi connectivity index (χ1n) is 11.1. The molecule has 12 heteroatoms. The molecule has 0 radical (unpaired) electrons. The summed E-state index contributed by atoms with van der Waals surface area (Å²) in [5.74, 6) is -0.965. The van der Waals surface area contributed by atoms with Crippen LogP contribution in [0.4, 0.5) is 4.39 Å². The van der Waals surface area contributed by atoms with Crippen molar-refractivity contribution in [2.24, 2.45) is 0 Å². The van der Waals surface area contributed by atoms with Gasteiger partial charge in [-0.15, -0.1) is 10.2 Å². The number of amides is 1. The largest absolute Gasteiger partial charge is 0.453 e. The number of aliphatic hydroxyl groups is 2. The Kier molecular flexibility index (Phi) is 8.55. The van der Waals surface area contributed by atoms with E-state index in [1.807, 2.05) is 6.07 Å². The molecule has 0 spiro atoms. The summed E-state index contributed by atoms with van der Waals surface area (Å²) in [6.07, 6.45) is -1.10. The lowest BCUT2D eigenvalue weighted by Gasteiger charge is -2.11. The summed E-state index contributed by atoms with van der Waals surface area (Å²) >= 11 is 12.2. The number of nitrogens with one attached hydrogen (secondary N) is 1. The van der Waals surface area contributed by atoms with E-state index in [9.17, 15) is 9.90 Å². The molecule has 0 aliphatic heterocycles. The van der Waals surface area contributed by atoms with Gasteiger partial charge in [-0.1, -0.05) is 29.3 Å². The van der Waals surface area contributed by atoms with E-state index in [4.69, 9.17) is 42.7 Å². The van der Waals surface area contributed by atoms with Crippen molar-refractivity contribution in [2.75, 3.05) is 13.2 Å². The number of halogens is 3. The first-order chi connectivity index (χ1) is 18.3. The maximum atomic E-state index is 15.3. The minimum Gasteiger partial charge on any atom is -0.453 e. The predicted molar refractivity (Wildman–Crippen MR) is 136 cm³/mol. The third-order valence-electron chi connectivity index (χ3n) is 5.26. The summed E-state index contributed by atoms with van der Waals surface area (Å²) in [5.41, 5.74) is 1.29. The Morgan fingerprint density at radius 1 is 1.16 bits per heavy atom. The highest BCUT2D eigenvalue weighted by Crippen LogP contribution is 2.36. The van der Waals surface area contributed by atoms with Crippen molar-refractivity contribution >= 4 is 29.1 Å². The fraction of sp³-hybridized carbons (Fsp3) is 0.154. The van der Waals surface area contributed by atoms with Gasteiger partial charge < -0.3 is 24.7 Å². The van der Waals surface area contributed by atoms with Crippen LogP contribution in [0.1, 0.15) is 27.4 Å². The Hall–Kier alpha value is -4.01. The molecule has 1 heterocycles. The standard InChI is InChI=1S/C26H19Cl2FN4O5/c27-18-7-14(11-30)8-20(10-18)37-24-21(28)6-5-17(23(24)29)9-22-32-33-26(38-22)16-3-1-15(2-4-16)25(36)31-12-19(35)13-34/h1-8,10,19,34-35H,9,12-13H2,(H,31,36). The van der Waals surface area contributed by atoms with Gasteiger partial charge in [-0.25, -0.2) is 4.39 Å². The molecule has 0 bridgehead atoms. The van der Waals surface area contributed by atoms with Crippen LogP contribution in [0.15, 0.2) is 59.0 Å². The van der Waals surface area contributed by atoms with E-state index in [2.05, 4.69) is 15.5 Å². The van der Waals surface area contributed by atoms with Crippen molar-refractivity contribution in [3.8, 4) is 29.0 Å². The third kappa shape index (κ3) is 6.45. The maximum absolute atomic E-state index is 15.3. The molecular formula is C26H19Cl2FN4O5. The topological polar surface area (TPSA) is 142 Å². The lowest BCUT2D eigenvalue weighted by Crippen LogP contribution is -2.33. The van der Waals surface area contributed by atoms with E-state index in [-0.39, 0.29) is 57.4 Å². The molecule has 4 aromatic rings. The Bertz CT molecular complexity index is 1500. The summed E-state index contributed by atoms with van der Waals surface area (Å²) in [4.78, 5) is 12.1. The molecular weight excluding hydrogens is 538 g/mol. The minimum absolute atomic E-state index is 0.0194. The summed E-state index contributed by atoms with van der Waals surface area (Å²) in [6, 6.07) is 15.4. The van der Waals surface area contributed by atoms with E-state index >= 15 is 4.39 Å². The van der Waals surface area contributed by atoms with Crippen molar-refractivity contribution in [1.29, 1.82) is 5.26 Å². The van der Waals surface area contributed by atoms with Crippen molar-refractivity contribution in [3.05, 3.63) is 93.0 Å². The zero-order valence-corrected chi connectivity index (χ0v) is 21.0. The second kappa shape index (κ2) is 12.0. The number of aliphatic hydroxyl groups excluding tert-OH is 2. The highest BCUT2D eigenvalue weighted by molar-refractivity contribution is 6.32. The van der Waals surface area contributed by atoms with Crippen LogP contribution in [-0.4, -0.2) is 45.6 Å². The number of carbonyl (C=O) groups is 1. The van der Waals surface area contributed by atoms with Crippen molar-refractivity contribution < 1.29 is 28.6 Å². The highest BCUT2D eigenvalue weighted by atomic mass is 35.5. The van der Waals surface area contributed by atoms with E-state index in [1.54, 1.807) is 12.1 Å². The van der Waals surface area contributed by atoms with Crippen LogP contribution in [0, 0.1) is 17.1 Å². The molecule has 1 unspecified atom stereocenters. The number of ether oxygens (including phenoxy) is 1. The summed E-state index contributed by atoms with van der Waals surface area (Å²) < 4.78 is 26.6. The monoisotopic (exact) mass is 556 g/mol. The SMILES string of the molecule is N#Cc1cc(Cl)cc(Oc2c(Cl)ccc(Cc3nnc(-c4ccc(C(=O)NCC(O)CO)cc4)o3)c2F)c1. The number of benzene rings is 3. The van der Waals surface area contributed by atoms with Crippen LogP contribution in [0.3, 0.4) is 0 Å². The van der Waals surface area contributed by atoms with Gasteiger partial charge in [0.15, 0.2) is 11.6 Å². The van der Waals surface area contributed by atoms with Crippen LogP contribution in [0.5, 0.6) is 11.5 Å². The highest BCUT2D eigenvalue weighted by Gasteiger charge is 2.19. The molecule has 1 atom stereocenters. The Morgan fingerprint density at radius 3 is 2.63 bits per heavy atom. The second-order valence-corrected chi connectivity index (χ2v) is 8.88. The number of hydrogen-bond donors (Lipinski definition) is 3. The maximum Gasteiger partial charge on any atom is 0.251 e. The Labute approximate surface area is 226 Å². The van der Waals surface area contributed by atoms with Gasteiger partial charge in [0.1, 0.15) is 5.75 Å². The first-order valence-corrected chi connectivity index (χ1v) is 11.9. The summed E-state index contributed by atoms with van der Waals surface area (Å²) in [7, 11) is 0. The minimum atomic E-state index is -1.04. The fourth-order valence-corrected chi connectivity index (χ4v) is 3.76. The number of carbonyl (C=O) groups excluding carboxylic acids is 1. The first kappa shape index (κ1) is 27.0. The molecule has 0 fully saturated rings. The van der Waals surface area contributed by atoms with E-state index < -0.39 is 24.4 Å². The smallest absolute Gasteiger partial charge is 0.251 e. The van der Waals surface area contributed by atoms with Gasteiger partial charge in [-0.2, -0.15) is 5.26 Å². The number of hydrogen-bond acceptors (Lipinski definition) is 8. The van der Waals surface area contributed by atoms with Crippen LogP contribution < -0.4 is 10.1 Å². The van der Waals surface area contributed by atoms with E-state index in [1.165, 1.54) is 42.5 Å². The predicted octanol–water partition coefficient (Wildman–Crippen LogP) is 4.52. The van der Waals surface area contributed by atoms with Crippen molar-refractivity contribution in [3.63, 3.8) is 0 Å². The van der Waals surface area contributed by atoms with Crippen LogP contribution in [0.25, 0.3) is 11.5 Å². The van der Waals surface area contributed by atoms with Crippen LogP contribution >= 0.6 is 23.2 Å².